The molecule has 1 saturated carbocycles. The number of rotatable bonds is 5. The highest BCUT2D eigenvalue weighted by atomic mass is 19.4. The van der Waals surface area contributed by atoms with Crippen LogP contribution in [0.25, 0.3) is 0 Å². The minimum atomic E-state index is -4.56. The van der Waals surface area contributed by atoms with Crippen molar-refractivity contribution in [2.24, 2.45) is 17.6 Å². The monoisotopic (exact) mass is 408 g/mol. The van der Waals surface area contributed by atoms with Crippen molar-refractivity contribution < 1.29 is 22.7 Å². The van der Waals surface area contributed by atoms with Crippen molar-refractivity contribution in [3.63, 3.8) is 0 Å². The molecule has 3 N–H and O–H groups in total. The van der Waals surface area contributed by atoms with Crippen LogP contribution in [0.2, 0.25) is 0 Å². The lowest BCUT2D eigenvalue weighted by molar-refractivity contribution is -0.141. The third-order valence-corrected chi connectivity index (χ3v) is 5.43. The quantitative estimate of drug-likeness (QED) is 0.726. The van der Waals surface area contributed by atoms with E-state index < -0.39 is 23.7 Å². The summed E-state index contributed by atoms with van der Waals surface area (Å²) in [7, 11) is 0. The molecule has 1 aromatic heterocycles. The van der Waals surface area contributed by atoms with Gasteiger partial charge >= 0.3 is 6.18 Å². The molecule has 1 aliphatic carbocycles. The number of fused-ring (bicyclic) bond motifs is 1. The number of hydrogen-bond donors (Lipinski definition) is 2. The summed E-state index contributed by atoms with van der Waals surface area (Å²) < 4.78 is 44.2. The highest BCUT2D eigenvalue weighted by Crippen LogP contribution is 2.44. The Morgan fingerprint density at radius 3 is 2.76 bits per heavy atom. The zero-order valence-electron chi connectivity index (χ0n) is 16.0. The fourth-order valence-corrected chi connectivity index (χ4v) is 4.25. The molecule has 3 rings (SSSR count). The molecule has 156 valence electrons. The SMILES string of the molecule is CC1CC(=O)C2C(C1)NC(COCCN)=C(C#N)C2c1ccc(C(F)(F)F)nc1. The van der Waals surface area contributed by atoms with E-state index in [1.807, 2.05) is 6.92 Å². The van der Waals surface area contributed by atoms with Crippen LogP contribution in [0.15, 0.2) is 29.6 Å². The molecule has 0 spiro atoms. The topological polar surface area (TPSA) is 101 Å². The minimum Gasteiger partial charge on any atom is -0.382 e. The zero-order chi connectivity index (χ0) is 21.2. The number of halogens is 3. The van der Waals surface area contributed by atoms with Crippen molar-refractivity contribution in [2.75, 3.05) is 19.8 Å². The van der Waals surface area contributed by atoms with E-state index in [0.717, 1.165) is 18.7 Å². The Morgan fingerprint density at radius 1 is 1.41 bits per heavy atom. The summed E-state index contributed by atoms with van der Waals surface area (Å²) in [6, 6.07) is 4.13. The van der Waals surface area contributed by atoms with Gasteiger partial charge in [0, 0.05) is 37.0 Å². The highest BCUT2D eigenvalue weighted by molar-refractivity contribution is 5.85. The lowest BCUT2D eigenvalue weighted by atomic mass is 9.66. The van der Waals surface area contributed by atoms with E-state index in [1.54, 1.807) is 0 Å². The zero-order valence-corrected chi connectivity index (χ0v) is 16.0. The van der Waals surface area contributed by atoms with Crippen LogP contribution >= 0.6 is 0 Å². The maximum atomic E-state index is 12.9. The smallest absolute Gasteiger partial charge is 0.382 e. The maximum absolute atomic E-state index is 12.9. The summed E-state index contributed by atoms with van der Waals surface area (Å²) >= 11 is 0. The Kier molecular flexibility index (Phi) is 6.24. The molecule has 0 aromatic carbocycles. The van der Waals surface area contributed by atoms with E-state index in [2.05, 4.69) is 16.4 Å². The van der Waals surface area contributed by atoms with Crippen LogP contribution in [-0.2, 0) is 15.7 Å². The Balaban J connectivity index is 2.04. The number of pyridine rings is 1. The molecular weight excluding hydrogens is 385 g/mol. The Hall–Kier alpha value is -2.44. The first-order valence-electron chi connectivity index (χ1n) is 9.49. The number of nitrogens with two attached hydrogens (primary N) is 1. The first-order chi connectivity index (χ1) is 13.8. The molecule has 4 unspecified atom stereocenters. The first kappa shape index (κ1) is 21.3. The second kappa shape index (κ2) is 8.51. The van der Waals surface area contributed by atoms with Crippen LogP contribution in [0.3, 0.4) is 0 Å². The van der Waals surface area contributed by atoms with E-state index in [9.17, 15) is 23.2 Å². The molecule has 0 amide bonds. The average Bonchev–Trinajstić information content (AvgIpc) is 2.66. The van der Waals surface area contributed by atoms with Crippen LogP contribution in [-0.4, -0.2) is 36.6 Å². The summed E-state index contributed by atoms with van der Waals surface area (Å²) in [5, 5.41) is 13.1. The molecular formula is C20H23F3N4O2. The Morgan fingerprint density at radius 2 is 2.17 bits per heavy atom. The van der Waals surface area contributed by atoms with Crippen LogP contribution in [0, 0.1) is 23.2 Å². The molecule has 0 radical (unpaired) electrons. The summed E-state index contributed by atoms with van der Waals surface area (Å²) in [5.74, 6) is -1.01. The van der Waals surface area contributed by atoms with E-state index in [-0.39, 0.29) is 24.3 Å². The van der Waals surface area contributed by atoms with Crippen molar-refractivity contribution >= 4 is 5.78 Å². The Bertz CT molecular complexity index is 830. The van der Waals surface area contributed by atoms with E-state index in [4.69, 9.17) is 10.5 Å². The number of allylic oxidation sites excluding steroid dienone is 1. The van der Waals surface area contributed by atoms with Gasteiger partial charge in [0.1, 0.15) is 11.5 Å². The number of Topliss-reactive ketones (excluding diaryl/α,β-unsaturated/α-hetero) is 1. The van der Waals surface area contributed by atoms with Gasteiger partial charge in [0.15, 0.2) is 0 Å². The number of nitrogens with one attached hydrogen (secondary N) is 1. The average molecular weight is 408 g/mol. The van der Waals surface area contributed by atoms with Gasteiger partial charge in [-0.3, -0.25) is 9.78 Å². The minimum absolute atomic E-state index is 0.000763. The van der Waals surface area contributed by atoms with Crippen molar-refractivity contribution in [1.82, 2.24) is 10.3 Å². The van der Waals surface area contributed by atoms with Crippen LogP contribution < -0.4 is 11.1 Å². The maximum Gasteiger partial charge on any atom is 0.433 e. The number of ketones is 1. The van der Waals surface area contributed by atoms with Crippen LogP contribution in [0.1, 0.15) is 36.9 Å². The van der Waals surface area contributed by atoms with Crippen molar-refractivity contribution in [3.8, 4) is 6.07 Å². The largest absolute Gasteiger partial charge is 0.433 e. The highest BCUT2D eigenvalue weighted by Gasteiger charge is 2.46. The summed E-state index contributed by atoms with van der Waals surface area (Å²) in [6.45, 7) is 2.73. The van der Waals surface area contributed by atoms with E-state index >= 15 is 0 Å². The molecule has 9 heteroatoms. The predicted molar refractivity (Wildman–Crippen MR) is 98.3 cm³/mol. The Labute approximate surface area is 166 Å². The fourth-order valence-electron chi connectivity index (χ4n) is 4.25. The molecule has 6 nitrogen and oxygen atoms in total. The number of hydrogen-bond acceptors (Lipinski definition) is 6. The van der Waals surface area contributed by atoms with Gasteiger partial charge in [0.2, 0.25) is 0 Å². The standard InChI is InChI=1S/C20H23F3N4O2/c1-11-6-14-19(16(28)7-11)18(12-2-3-17(26-9-12)20(21,22)23)13(8-25)15(27-14)10-29-5-4-24/h2-3,9,11,14,18-19,27H,4-7,10,24H2,1H3. The number of aromatic nitrogens is 1. The fraction of sp³-hybridized carbons (Fsp3) is 0.550. The number of alkyl halides is 3. The van der Waals surface area contributed by atoms with Gasteiger partial charge in [-0.2, -0.15) is 18.4 Å². The van der Waals surface area contributed by atoms with Gasteiger partial charge in [-0.05, 0) is 24.0 Å². The summed E-state index contributed by atoms with van der Waals surface area (Å²) in [4.78, 5) is 16.4. The third kappa shape index (κ3) is 4.43. The normalized spacial score (nSPS) is 27.2. The number of nitrogens with zero attached hydrogens (tertiary/aromatic N) is 2. The number of ether oxygens (including phenoxy) is 1. The first-order valence-corrected chi connectivity index (χ1v) is 9.49. The van der Waals surface area contributed by atoms with E-state index in [0.29, 0.717) is 36.4 Å². The molecule has 2 heterocycles. The molecule has 1 aromatic rings. The second-order valence-corrected chi connectivity index (χ2v) is 7.59. The van der Waals surface area contributed by atoms with Gasteiger partial charge in [-0.25, -0.2) is 0 Å². The lowest BCUT2D eigenvalue weighted by Gasteiger charge is -2.43. The third-order valence-electron chi connectivity index (χ3n) is 5.43. The number of carbonyl (C=O) groups excluding carboxylic acids is 1. The van der Waals surface area contributed by atoms with Crippen molar-refractivity contribution in [3.05, 3.63) is 40.9 Å². The van der Waals surface area contributed by atoms with Crippen LogP contribution in [0.5, 0.6) is 0 Å². The summed E-state index contributed by atoms with van der Waals surface area (Å²) in [5.41, 5.74) is 5.71. The van der Waals surface area contributed by atoms with Gasteiger partial charge < -0.3 is 15.8 Å². The van der Waals surface area contributed by atoms with Gasteiger partial charge in [-0.1, -0.05) is 13.0 Å². The molecule has 0 saturated heterocycles. The van der Waals surface area contributed by atoms with Gasteiger partial charge in [0.05, 0.1) is 30.6 Å². The number of nitriles is 1. The lowest BCUT2D eigenvalue weighted by Crippen LogP contribution is -2.52. The second-order valence-electron chi connectivity index (χ2n) is 7.59. The summed E-state index contributed by atoms with van der Waals surface area (Å²) in [6.07, 6.45) is -2.33. The molecule has 4 atom stereocenters. The molecule has 2 aliphatic rings. The van der Waals surface area contributed by atoms with Gasteiger partial charge in [0.25, 0.3) is 0 Å². The van der Waals surface area contributed by atoms with Gasteiger partial charge in [-0.15, -0.1) is 0 Å². The van der Waals surface area contributed by atoms with Crippen molar-refractivity contribution in [1.29, 1.82) is 5.26 Å². The molecule has 1 aliphatic heterocycles. The molecule has 1 fully saturated rings. The molecule has 29 heavy (non-hydrogen) atoms. The number of carbonyl (C=O) groups is 1. The van der Waals surface area contributed by atoms with E-state index in [1.165, 1.54) is 6.07 Å². The predicted octanol–water partition coefficient (Wildman–Crippen LogP) is 2.52. The van der Waals surface area contributed by atoms with Crippen LogP contribution in [0.4, 0.5) is 13.2 Å². The molecule has 0 bridgehead atoms. The van der Waals surface area contributed by atoms with Crippen molar-refractivity contribution in [2.45, 2.75) is 37.9 Å².